The Morgan fingerprint density at radius 2 is 2.11 bits per heavy atom. The van der Waals surface area contributed by atoms with Crippen LogP contribution in [0.4, 0.5) is 10.8 Å². The molecule has 1 aliphatic carbocycles. The fraction of sp³-hybridized carbons (Fsp3) is 0.476. The molecule has 1 aromatic carbocycles. The topological polar surface area (TPSA) is 62.3 Å². The van der Waals surface area contributed by atoms with Gasteiger partial charge in [0.25, 0.3) is 0 Å². The first-order valence-corrected chi connectivity index (χ1v) is 10.6. The number of anilines is 2. The first kappa shape index (κ1) is 18.2. The van der Waals surface area contributed by atoms with Crippen LogP contribution in [0.5, 0.6) is 0 Å². The van der Waals surface area contributed by atoms with E-state index < -0.39 is 0 Å². The molecule has 0 unspecified atom stereocenters. The molecule has 1 saturated carbocycles. The molecule has 0 radical (unpaired) electrons. The number of nitrogens with one attached hydrogen (secondary N) is 1. The summed E-state index contributed by atoms with van der Waals surface area (Å²) < 4.78 is 0. The normalized spacial score (nSPS) is 16.6. The van der Waals surface area contributed by atoms with Crippen molar-refractivity contribution in [2.24, 2.45) is 5.92 Å². The lowest BCUT2D eigenvalue weighted by Crippen LogP contribution is -2.25. The number of nitrogens with zero attached hydrogens (tertiary/aromatic N) is 2. The quantitative estimate of drug-likeness (QED) is 0.819. The van der Waals surface area contributed by atoms with Gasteiger partial charge in [-0.1, -0.05) is 31.7 Å². The fourth-order valence-electron chi connectivity index (χ4n) is 4.17. The van der Waals surface area contributed by atoms with Gasteiger partial charge >= 0.3 is 0 Å². The van der Waals surface area contributed by atoms with E-state index in [1.165, 1.54) is 42.6 Å². The highest BCUT2D eigenvalue weighted by Crippen LogP contribution is 2.33. The first-order valence-electron chi connectivity index (χ1n) is 9.77. The maximum Gasteiger partial charge on any atom is 0.226 e. The Labute approximate surface area is 163 Å². The Kier molecular flexibility index (Phi) is 5.25. The van der Waals surface area contributed by atoms with Crippen LogP contribution in [-0.4, -0.2) is 23.3 Å². The first-order chi connectivity index (χ1) is 13.1. The number of aromatic nitrogens is 1. The van der Waals surface area contributed by atoms with Crippen LogP contribution in [0.2, 0.25) is 0 Å². The van der Waals surface area contributed by atoms with Crippen molar-refractivity contribution in [3.8, 4) is 11.3 Å². The molecular formula is C21H25N3O2S. The summed E-state index contributed by atoms with van der Waals surface area (Å²) in [7, 11) is 0. The van der Waals surface area contributed by atoms with Crippen LogP contribution >= 0.6 is 11.3 Å². The van der Waals surface area contributed by atoms with Crippen LogP contribution in [0.25, 0.3) is 11.3 Å². The van der Waals surface area contributed by atoms with E-state index in [1.807, 2.05) is 22.4 Å². The average Bonchev–Trinajstić information content (AvgIpc) is 3.39. The van der Waals surface area contributed by atoms with Crippen molar-refractivity contribution < 1.29 is 9.59 Å². The Hall–Kier alpha value is -2.21. The van der Waals surface area contributed by atoms with E-state index in [-0.39, 0.29) is 11.8 Å². The summed E-state index contributed by atoms with van der Waals surface area (Å²) >= 11 is 1.46. The lowest BCUT2D eigenvalue weighted by atomic mass is 10.0. The molecule has 2 heterocycles. The maximum absolute atomic E-state index is 12.2. The Morgan fingerprint density at radius 3 is 2.89 bits per heavy atom. The standard InChI is InChI=1S/C21H25N3O2S/c1-14(25)24-11-10-17-12-16(7-8-19(17)24)18-13-27-21(22-18)23-20(26)9-6-15-4-2-3-5-15/h7-8,12-13,15H,2-6,9-11H2,1H3,(H,22,23,26). The monoisotopic (exact) mass is 383 g/mol. The molecule has 1 aromatic heterocycles. The van der Waals surface area contributed by atoms with Gasteiger partial charge in [-0.25, -0.2) is 4.98 Å². The highest BCUT2D eigenvalue weighted by molar-refractivity contribution is 7.14. The highest BCUT2D eigenvalue weighted by Gasteiger charge is 2.22. The van der Waals surface area contributed by atoms with Crippen LogP contribution in [-0.2, 0) is 16.0 Å². The SMILES string of the molecule is CC(=O)N1CCc2cc(-c3csc(NC(=O)CCC4CCCC4)n3)ccc21. The van der Waals surface area contributed by atoms with Gasteiger partial charge in [-0.2, -0.15) is 0 Å². The number of carbonyl (C=O) groups is 2. The number of hydrogen-bond acceptors (Lipinski definition) is 4. The van der Waals surface area contributed by atoms with E-state index in [9.17, 15) is 9.59 Å². The molecule has 2 aromatic rings. The Balaban J connectivity index is 1.39. The minimum absolute atomic E-state index is 0.0638. The lowest BCUT2D eigenvalue weighted by molar-refractivity contribution is -0.117. The minimum Gasteiger partial charge on any atom is -0.312 e. The predicted molar refractivity (Wildman–Crippen MR) is 109 cm³/mol. The molecule has 1 aliphatic heterocycles. The van der Waals surface area contributed by atoms with Crippen molar-refractivity contribution in [3.05, 3.63) is 29.1 Å². The molecule has 6 heteroatoms. The summed E-state index contributed by atoms with van der Waals surface area (Å²) in [5, 5.41) is 5.58. The van der Waals surface area contributed by atoms with Crippen LogP contribution < -0.4 is 10.2 Å². The molecule has 0 saturated heterocycles. The zero-order valence-electron chi connectivity index (χ0n) is 15.7. The van der Waals surface area contributed by atoms with Crippen LogP contribution in [0.15, 0.2) is 23.6 Å². The smallest absolute Gasteiger partial charge is 0.226 e. The number of rotatable bonds is 5. The van der Waals surface area contributed by atoms with Crippen molar-refractivity contribution in [1.82, 2.24) is 4.98 Å². The summed E-state index contributed by atoms with van der Waals surface area (Å²) in [6, 6.07) is 6.11. The molecule has 142 valence electrons. The van der Waals surface area contributed by atoms with Gasteiger partial charge in [0, 0.05) is 36.5 Å². The minimum atomic E-state index is 0.0638. The average molecular weight is 384 g/mol. The number of amides is 2. The van der Waals surface area contributed by atoms with Crippen molar-refractivity contribution in [3.63, 3.8) is 0 Å². The highest BCUT2D eigenvalue weighted by atomic mass is 32.1. The molecule has 0 bridgehead atoms. The van der Waals surface area contributed by atoms with E-state index in [2.05, 4.69) is 16.4 Å². The van der Waals surface area contributed by atoms with E-state index in [4.69, 9.17) is 0 Å². The summed E-state index contributed by atoms with van der Waals surface area (Å²) in [6.07, 6.45) is 7.61. The third-order valence-electron chi connectivity index (χ3n) is 5.66. The van der Waals surface area contributed by atoms with Gasteiger partial charge in [0.15, 0.2) is 5.13 Å². The van der Waals surface area contributed by atoms with Gasteiger partial charge in [0.2, 0.25) is 11.8 Å². The van der Waals surface area contributed by atoms with E-state index in [1.54, 1.807) is 6.92 Å². The molecule has 0 spiro atoms. The lowest BCUT2D eigenvalue weighted by Gasteiger charge is -2.14. The van der Waals surface area contributed by atoms with E-state index in [0.29, 0.717) is 11.6 Å². The second-order valence-electron chi connectivity index (χ2n) is 7.54. The largest absolute Gasteiger partial charge is 0.312 e. The van der Waals surface area contributed by atoms with Crippen molar-refractivity contribution >= 4 is 34.0 Å². The summed E-state index contributed by atoms with van der Waals surface area (Å²) in [5.41, 5.74) is 4.08. The zero-order chi connectivity index (χ0) is 18.8. The van der Waals surface area contributed by atoms with Crippen molar-refractivity contribution in [2.75, 3.05) is 16.8 Å². The molecule has 5 nitrogen and oxygen atoms in total. The van der Waals surface area contributed by atoms with Gasteiger partial charge < -0.3 is 10.2 Å². The predicted octanol–water partition coefficient (Wildman–Crippen LogP) is 4.63. The molecule has 1 fully saturated rings. The van der Waals surface area contributed by atoms with E-state index >= 15 is 0 Å². The molecule has 0 atom stereocenters. The summed E-state index contributed by atoms with van der Waals surface area (Å²) in [6.45, 7) is 2.35. The van der Waals surface area contributed by atoms with Gasteiger partial charge in [0.1, 0.15) is 0 Å². The summed E-state index contributed by atoms with van der Waals surface area (Å²) in [4.78, 5) is 30.3. The number of thiazole rings is 1. The Morgan fingerprint density at radius 1 is 1.30 bits per heavy atom. The molecule has 2 aliphatic rings. The number of hydrogen-bond donors (Lipinski definition) is 1. The molecular weight excluding hydrogens is 358 g/mol. The molecule has 4 rings (SSSR count). The fourth-order valence-corrected chi connectivity index (χ4v) is 4.90. The van der Waals surface area contributed by atoms with Gasteiger partial charge in [-0.15, -0.1) is 11.3 Å². The van der Waals surface area contributed by atoms with Gasteiger partial charge in [-0.05, 0) is 36.5 Å². The third-order valence-corrected chi connectivity index (χ3v) is 6.41. The molecule has 2 amide bonds. The molecule has 27 heavy (non-hydrogen) atoms. The van der Waals surface area contributed by atoms with Crippen molar-refractivity contribution in [1.29, 1.82) is 0 Å². The second-order valence-corrected chi connectivity index (χ2v) is 8.40. The zero-order valence-corrected chi connectivity index (χ0v) is 16.5. The van der Waals surface area contributed by atoms with Gasteiger partial charge in [-0.3, -0.25) is 9.59 Å². The van der Waals surface area contributed by atoms with Crippen LogP contribution in [0.1, 0.15) is 51.0 Å². The van der Waals surface area contributed by atoms with E-state index in [0.717, 1.165) is 42.2 Å². The third kappa shape index (κ3) is 4.05. The Bertz CT molecular complexity index is 855. The summed E-state index contributed by atoms with van der Waals surface area (Å²) in [5.74, 6) is 0.871. The number of carbonyl (C=O) groups excluding carboxylic acids is 2. The van der Waals surface area contributed by atoms with Crippen LogP contribution in [0, 0.1) is 5.92 Å². The van der Waals surface area contributed by atoms with Gasteiger partial charge in [0.05, 0.1) is 5.69 Å². The molecule has 1 N–H and O–H groups in total. The number of benzene rings is 1. The van der Waals surface area contributed by atoms with Crippen molar-refractivity contribution in [2.45, 2.75) is 51.9 Å². The second kappa shape index (κ2) is 7.80. The van der Waals surface area contributed by atoms with Crippen LogP contribution in [0.3, 0.4) is 0 Å². The maximum atomic E-state index is 12.2. The number of fused-ring (bicyclic) bond motifs is 1.